The lowest BCUT2D eigenvalue weighted by Crippen LogP contribution is -2.24. The van der Waals surface area contributed by atoms with Gasteiger partial charge in [0.25, 0.3) is 11.8 Å². The zero-order chi connectivity index (χ0) is 16.8. The Kier molecular flexibility index (Phi) is 5.73. The Balaban J connectivity index is 2.18. The third-order valence-electron chi connectivity index (χ3n) is 2.87. The first kappa shape index (κ1) is 17.0. The van der Waals surface area contributed by atoms with E-state index >= 15 is 0 Å². The molecule has 0 radical (unpaired) electrons. The van der Waals surface area contributed by atoms with Crippen LogP contribution in [0.25, 0.3) is 0 Å². The largest absolute Gasteiger partial charge is 0.349 e. The monoisotopic (exact) mass is 349 g/mol. The molecule has 0 spiro atoms. The van der Waals surface area contributed by atoms with E-state index in [0.29, 0.717) is 17.3 Å². The number of nitrogens with zero attached hydrogens (tertiary/aromatic N) is 1. The Morgan fingerprint density at radius 2 is 1.87 bits per heavy atom. The van der Waals surface area contributed by atoms with Gasteiger partial charge in [-0.05, 0) is 18.2 Å². The van der Waals surface area contributed by atoms with Crippen molar-refractivity contribution in [3.8, 4) is 0 Å². The third kappa shape index (κ3) is 4.31. The summed E-state index contributed by atoms with van der Waals surface area (Å²) < 4.78 is 0. The molecule has 1 aromatic carbocycles. The van der Waals surface area contributed by atoms with Crippen molar-refractivity contribution in [3.05, 3.63) is 70.5 Å². The molecule has 2 aromatic rings. The van der Waals surface area contributed by atoms with Crippen molar-refractivity contribution in [2.45, 2.75) is 0 Å². The number of amides is 2. The van der Waals surface area contributed by atoms with Crippen molar-refractivity contribution in [2.75, 3.05) is 11.9 Å². The predicted molar refractivity (Wildman–Crippen MR) is 91.2 cm³/mol. The van der Waals surface area contributed by atoms with Crippen LogP contribution >= 0.6 is 23.2 Å². The molecule has 7 heteroatoms. The fraction of sp³-hybridized carbons (Fsp3) is 0.0625. The molecule has 0 aliphatic heterocycles. The Bertz CT molecular complexity index is 763. The van der Waals surface area contributed by atoms with Crippen LogP contribution in [0.1, 0.15) is 20.7 Å². The van der Waals surface area contributed by atoms with Crippen LogP contribution in [-0.2, 0) is 0 Å². The molecule has 1 heterocycles. The first-order valence-corrected chi connectivity index (χ1v) is 7.38. The van der Waals surface area contributed by atoms with Crippen molar-refractivity contribution in [2.24, 2.45) is 0 Å². The van der Waals surface area contributed by atoms with Crippen molar-refractivity contribution in [1.29, 1.82) is 0 Å². The van der Waals surface area contributed by atoms with Crippen molar-refractivity contribution >= 4 is 40.7 Å². The van der Waals surface area contributed by atoms with Gasteiger partial charge in [0.1, 0.15) is 0 Å². The van der Waals surface area contributed by atoms with Gasteiger partial charge in [-0.15, -0.1) is 6.58 Å². The highest BCUT2D eigenvalue weighted by Gasteiger charge is 2.13. The number of carbonyl (C=O) groups excluding carboxylic acids is 2. The molecule has 2 rings (SSSR count). The van der Waals surface area contributed by atoms with Gasteiger partial charge in [-0.1, -0.05) is 35.3 Å². The van der Waals surface area contributed by atoms with Crippen LogP contribution in [0.5, 0.6) is 0 Å². The standard InChI is InChI=1S/C16H13Cl2N3O2/c1-2-6-20-15(22)10-7-11(9-19-8-10)16(23)21-13-5-3-4-12(17)14(13)18/h2-5,7-9H,1,6H2,(H,20,22)(H,21,23). The van der Waals surface area contributed by atoms with Gasteiger partial charge in [0.2, 0.25) is 0 Å². The number of benzene rings is 1. The fourth-order valence-corrected chi connectivity index (χ4v) is 2.10. The number of nitrogens with one attached hydrogen (secondary N) is 2. The predicted octanol–water partition coefficient (Wildman–Crippen LogP) is 3.56. The maximum absolute atomic E-state index is 12.3. The van der Waals surface area contributed by atoms with Crippen LogP contribution in [0.3, 0.4) is 0 Å². The van der Waals surface area contributed by atoms with Gasteiger partial charge < -0.3 is 10.6 Å². The normalized spacial score (nSPS) is 10.0. The van der Waals surface area contributed by atoms with Gasteiger partial charge in [-0.25, -0.2) is 0 Å². The van der Waals surface area contributed by atoms with Crippen LogP contribution in [0.15, 0.2) is 49.3 Å². The van der Waals surface area contributed by atoms with E-state index in [2.05, 4.69) is 22.2 Å². The van der Waals surface area contributed by atoms with E-state index in [1.165, 1.54) is 18.5 Å². The zero-order valence-corrected chi connectivity index (χ0v) is 13.5. The second kappa shape index (κ2) is 7.76. The van der Waals surface area contributed by atoms with Crippen LogP contribution in [0.4, 0.5) is 5.69 Å². The molecule has 0 unspecified atom stereocenters. The first-order valence-electron chi connectivity index (χ1n) is 6.62. The molecule has 5 nitrogen and oxygen atoms in total. The minimum Gasteiger partial charge on any atom is -0.349 e. The summed E-state index contributed by atoms with van der Waals surface area (Å²) in [4.78, 5) is 28.0. The molecule has 0 saturated heterocycles. The molecule has 0 atom stereocenters. The number of anilines is 1. The highest BCUT2D eigenvalue weighted by atomic mass is 35.5. The van der Waals surface area contributed by atoms with E-state index < -0.39 is 5.91 Å². The molecule has 0 aliphatic carbocycles. The van der Waals surface area contributed by atoms with Crippen LogP contribution in [0, 0.1) is 0 Å². The maximum Gasteiger partial charge on any atom is 0.257 e. The Morgan fingerprint density at radius 1 is 1.17 bits per heavy atom. The van der Waals surface area contributed by atoms with Crippen molar-refractivity contribution in [1.82, 2.24) is 10.3 Å². The quantitative estimate of drug-likeness (QED) is 0.810. The molecule has 2 N–H and O–H groups in total. The molecule has 2 amide bonds. The molecule has 0 bridgehead atoms. The van der Waals surface area contributed by atoms with Crippen molar-refractivity contribution in [3.63, 3.8) is 0 Å². The number of hydrogen-bond donors (Lipinski definition) is 2. The summed E-state index contributed by atoms with van der Waals surface area (Å²) >= 11 is 11.9. The van der Waals surface area contributed by atoms with E-state index in [0.717, 1.165) is 0 Å². The summed E-state index contributed by atoms with van der Waals surface area (Å²) in [5.74, 6) is -0.784. The van der Waals surface area contributed by atoms with E-state index in [1.807, 2.05) is 0 Å². The summed E-state index contributed by atoms with van der Waals surface area (Å²) in [6.07, 6.45) is 4.29. The highest BCUT2D eigenvalue weighted by molar-refractivity contribution is 6.44. The van der Waals surface area contributed by atoms with Crippen molar-refractivity contribution < 1.29 is 9.59 Å². The molecular weight excluding hydrogens is 337 g/mol. The maximum atomic E-state index is 12.3. The Morgan fingerprint density at radius 3 is 2.57 bits per heavy atom. The number of pyridine rings is 1. The Labute approximate surface area is 143 Å². The third-order valence-corrected chi connectivity index (χ3v) is 3.69. The van der Waals surface area contributed by atoms with Gasteiger partial charge in [-0.2, -0.15) is 0 Å². The van der Waals surface area contributed by atoms with Gasteiger partial charge in [0, 0.05) is 18.9 Å². The second-order valence-corrected chi connectivity index (χ2v) is 5.30. The van der Waals surface area contributed by atoms with Gasteiger partial charge in [-0.3, -0.25) is 14.6 Å². The lowest BCUT2D eigenvalue weighted by Gasteiger charge is -2.09. The molecule has 0 aliphatic rings. The summed E-state index contributed by atoms with van der Waals surface area (Å²) in [6, 6.07) is 6.35. The molecule has 23 heavy (non-hydrogen) atoms. The van der Waals surface area contributed by atoms with E-state index in [-0.39, 0.29) is 22.1 Å². The van der Waals surface area contributed by atoms with Gasteiger partial charge in [0.05, 0.1) is 26.9 Å². The summed E-state index contributed by atoms with van der Waals surface area (Å²) in [5, 5.41) is 5.83. The fourth-order valence-electron chi connectivity index (χ4n) is 1.75. The SMILES string of the molecule is C=CCNC(=O)c1cncc(C(=O)Nc2cccc(Cl)c2Cl)c1. The van der Waals surface area contributed by atoms with Gasteiger partial charge in [0.15, 0.2) is 0 Å². The van der Waals surface area contributed by atoms with E-state index in [4.69, 9.17) is 23.2 Å². The minimum absolute atomic E-state index is 0.229. The molecule has 0 saturated carbocycles. The number of aromatic nitrogens is 1. The first-order chi connectivity index (χ1) is 11.0. The highest BCUT2D eigenvalue weighted by Crippen LogP contribution is 2.29. The second-order valence-electron chi connectivity index (χ2n) is 4.52. The summed E-state index contributed by atoms with van der Waals surface area (Å²) in [6.45, 7) is 3.84. The smallest absolute Gasteiger partial charge is 0.257 e. The van der Waals surface area contributed by atoms with E-state index in [1.54, 1.807) is 24.3 Å². The number of hydrogen-bond acceptors (Lipinski definition) is 3. The van der Waals surface area contributed by atoms with Gasteiger partial charge >= 0.3 is 0 Å². The summed E-state index contributed by atoms with van der Waals surface area (Å²) in [5.41, 5.74) is 0.884. The zero-order valence-electron chi connectivity index (χ0n) is 12.0. The molecule has 1 aromatic heterocycles. The van der Waals surface area contributed by atoms with Crippen LogP contribution < -0.4 is 10.6 Å². The van der Waals surface area contributed by atoms with Crippen LogP contribution in [0.2, 0.25) is 10.0 Å². The average Bonchev–Trinajstić information content (AvgIpc) is 2.57. The lowest BCUT2D eigenvalue weighted by molar-refractivity contribution is 0.0957. The van der Waals surface area contributed by atoms with Crippen LogP contribution in [-0.4, -0.2) is 23.3 Å². The molecular formula is C16H13Cl2N3O2. The molecule has 118 valence electrons. The topological polar surface area (TPSA) is 71.1 Å². The Hall–Kier alpha value is -2.37. The summed E-state index contributed by atoms with van der Waals surface area (Å²) in [7, 11) is 0. The average molecular weight is 350 g/mol. The number of halogens is 2. The minimum atomic E-state index is -0.444. The lowest BCUT2D eigenvalue weighted by atomic mass is 10.2. The number of rotatable bonds is 5. The van der Waals surface area contributed by atoms with E-state index in [9.17, 15) is 9.59 Å². The number of carbonyl (C=O) groups is 2. The molecule has 0 fully saturated rings.